The van der Waals surface area contributed by atoms with Crippen molar-refractivity contribution in [3.63, 3.8) is 0 Å². The average Bonchev–Trinajstić information content (AvgIpc) is 2.23. The van der Waals surface area contributed by atoms with E-state index in [1.54, 1.807) is 20.8 Å². The Morgan fingerprint density at radius 1 is 1.41 bits per heavy atom. The van der Waals surface area contributed by atoms with Crippen LogP contribution in [-0.4, -0.2) is 29.9 Å². The first kappa shape index (κ1) is 16.1. The molecule has 17 heavy (non-hydrogen) atoms. The molecule has 0 radical (unpaired) electrons. The molecule has 4 nitrogen and oxygen atoms in total. The van der Waals surface area contributed by atoms with Crippen molar-refractivity contribution >= 4 is 23.5 Å². The summed E-state index contributed by atoms with van der Waals surface area (Å²) in [6, 6.07) is -1.11. The monoisotopic (exact) mass is 271 g/mol. The van der Waals surface area contributed by atoms with Crippen LogP contribution in [0.25, 0.3) is 0 Å². The van der Waals surface area contributed by atoms with Gasteiger partial charge in [-0.2, -0.15) is 8.78 Å². The molecule has 0 saturated heterocycles. The zero-order valence-corrected chi connectivity index (χ0v) is 10.7. The van der Waals surface area contributed by atoms with Crippen LogP contribution in [0.5, 0.6) is 0 Å². The number of alkyl halides is 3. The van der Waals surface area contributed by atoms with Crippen molar-refractivity contribution in [2.45, 2.75) is 38.6 Å². The topological polar surface area (TPSA) is 55.4 Å². The molecule has 0 rings (SSSR count). The quantitative estimate of drug-likeness (QED) is 0.593. The van der Waals surface area contributed by atoms with E-state index >= 15 is 0 Å². The van der Waals surface area contributed by atoms with Gasteiger partial charge < -0.3 is 10.1 Å². The van der Waals surface area contributed by atoms with Gasteiger partial charge in [0.05, 0.1) is 6.61 Å². The molecule has 0 aliphatic rings. The number of rotatable bonds is 6. The van der Waals surface area contributed by atoms with Gasteiger partial charge in [-0.15, -0.1) is 0 Å². The third-order valence-electron chi connectivity index (χ3n) is 2.30. The van der Waals surface area contributed by atoms with Crippen LogP contribution in [0, 0.1) is 5.92 Å². The first-order chi connectivity index (χ1) is 7.73. The Morgan fingerprint density at radius 2 is 1.94 bits per heavy atom. The SMILES string of the molecule is CCOC(=O)C(NC(=O)C(F)(F)Cl)C(C)CC. The van der Waals surface area contributed by atoms with Crippen LogP contribution in [0.2, 0.25) is 0 Å². The van der Waals surface area contributed by atoms with E-state index in [4.69, 9.17) is 4.74 Å². The van der Waals surface area contributed by atoms with Gasteiger partial charge in [-0.3, -0.25) is 4.79 Å². The largest absolute Gasteiger partial charge is 0.464 e. The fraction of sp³-hybridized carbons (Fsp3) is 0.800. The van der Waals surface area contributed by atoms with Gasteiger partial charge in [-0.1, -0.05) is 20.3 Å². The summed E-state index contributed by atoms with van der Waals surface area (Å²) in [7, 11) is 0. The first-order valence-electron chi connectivity index (χ1n) is 5.28. The Balaban J connectivity index is 4.72. The molecular formula is C10H16ClF2NO3. The third kappa shape index (κ3) is 5.30. The third-order valence-corrected chi connectivity index (χ3v) is 2.47. The summed E-state index contributed by atoms with van der Waals surface area (Å²) >= 11 is 4.56. The van der Waals surface area contributed by atoms with Crippen molar-refractivity contribution in [3.8, 4) is 0 Å². The van der Waals surface area contributed by atoms with E-state index < -0.39 is 23.3 Å². The zero-order chi connectivity index (χ0) is 13.6. The Morgan fingerprint density at radius 3 is 2.29 bits per heavy atom. The molecule has 0 saturated carbocycles. The molecule has 100 valence electrons. The van der Waals surface area contributed by atoms with E-state index in [1.807, 2.05) is 5.32 Å². The number of carbonyl (C=O) groups excluding carboxylic acids is 2. The lowest BCUT2D eigenvalue weighted by Gasteiger charge is -2.23. The second kappa shape index (κ2) is 6.74. The van der Waals surface area contributed by atoms with E-state index in [2.05, 4.69) is 11.6 Å². The highest BCUT2D eigenvalue weighted by atomic mass is 35.5. The molecule has 0 bridgehead atoms. The fourth-order valence-electron chi connectivity index (χ4n) is 1.12. The van der Waals surface area contributed by atoms with E-state index in [0.717, 1.165) is 0 Å². The molecule has 0 aliphatic carbocycles. The fourth-order valence-corrected chi connectivity index (χ4v) is 1.18. The lowest BCUT2D eigenvalue weighted by Crippen LogP contribution is -2.50. The number of esters is 1. The molecule has 7 heteroatoms. The van der Waals surface area contributed by atoms with E-state index in [0.29, 0.717) is 6.42 Å². The van der Waals surface area contributed by atoms with Gasteiger partial charge in [0.25, 0.3) is 0 Å². The minimum Gasteiger partial charge on any atom is -0.464 e. The van der Waals surface area contributed by atoms with E-state index in [1.165, 1.54) is 0 Å². The maximum atomic E-state index is 12.5. The number of carbonyl (C=O) groups is 2. The van der Waals surface area contributed by atoms with E-state index in [9.17, 15) is 18.4 Å². The number of halogens is 3. The van der Waals surface area contributed by atoms with Gasteiger partial charge in [0.15, 0.2) is 0 Å². The summed E-state index contributed by atoms with van der Waals surface area (Å²) in [5.41, 5.74) is 0. The van der Waals surface area contributed by atoms with Gasteiger partial charge in [-0.25, -0.2) is 4.79 Å². The summed E-state index contributed by atoms with van der Waals surface area (Å²) in [6.45, 7) is 5.11. The second-order valence-electron chi connectivity index (χ2n) is 3.59. The zero-order valence-electron chi connectivity index (χ0n) is 9.93. The maximum Gasteiger partial charge on any atom is 0.399 e. The molecule has 1 N–H and O–H groups in total. The lowest BCUT2D eigenvalue weighted by atomic mass is 9.99. The van der Waals surface area contributed by atoms with Crippen LogP contribution < -0.4 is 5.32 Å². The Labute approximate surface area is 104 Å². The number of hydrogen-bond acceptors (Lipinski definition) is 3. The molecule has 0 spiro atoms. The molecule has 0 heterocycles. The molecule has 0 aromatic heterocycles. The Hall–Kier alpha value is -0.910. The molecule has 0 fully saturated rings. The normalized spacial score (nSPS) is 14.9. The molecule has 1 amide bonds. The standard InChI is InChI=1S/C10H16ClF2NO3/c1-4-6(3)7(8(15)17-5-2)14-9(16)10(11,12)13/h6-7H,4-5H2,1-3H3,(H,14,16). The molecule has 0 aromatic rings. The Bertz CT molecular complexity index is 281. The van der Waals surface area contributed by atoms with Crippen LogP contribution in [0.4, 0.5) is 8.78 Å². The highest BCUT2D eigenvalue weighted by molar-refractivity contribution is 6.32. The molecule has 0 aliphatic heterocycles. The number of nitrogens with one attached hydrogen (secondary N) is 1. The van der Waals surface area contributed by atoms with Crippen LogP contribution in [-0.2, 0) is 14.3 Å². The summed E-state index contributed by atoms with van der Waals surface area (Å²) in [5, 5.41) is -2.13. The number of ether oxygens (including phenoxy) is 1. The number of hydrogen-bond donors (Lipinski definition) is 1. The van der Waals surface area contributed by atoms with Crippen LogP contribution in [0.15, 0.2) is 0 Å². The molecular weight excluding hydrogens is 256 g/mol. The molecule has 0 aromatic carbocycles. The lowest BCUT2D eigenvalue weighted by molar-refractivity contribution is -0.151. The van der Waals surface area contributed by atoms with Crippen molar-refractivity contribution in [1.82, 2.24) is 5.32 Å². The predicted molar refractivity (Wildman–Crippen MR) is 58.8 cm³/mol. The van der Waals surface area contributed by atoms with Gasteiger partial charge in [0, 0.05) is 0 Å². The van der Waals surface area contributed by atoms with Crippen LogP contribution in [0.1, 0.15) is 27.2 Å². The molecule has 2 atom stereocenters. The second-order valence-corrected chi connectivity index (χ2v) is 4.06. The van der Waals surface area contributed by atoms with Gasteiger partial charge in [-0.05, 0) is 24.4 Å². The van der Waals surface area contributed by atoms with Crippen molar-refractivity contribution in [1.29, 1.82) is 0 Å². The van der Waals surface area contributed by atoms with Crippen LogP contribution >= 0.6 is 11.6 Å². The summed E-state index contributed by atoms with van der Waals surface area (Å²) in [4.78, 5) is 22.5. The molecule has 2 unspecified atom stereocenters. The number of amides is 1. The van der Waals surface area contributed by atoms with Crippen molar-refractivity contribution in [2.24, 2.45) is 5.92 Å². The van der Waals surface area contributed by atoms with Crippen molar-refractivity contribution < 1.29 is 23.1 Å². The van der Waals surface area contributed by atoms with Crippen LogP contribution in [0.3, 0.4) is 0 Å². The minimum atomic E-state index is -4.03. The average molecular weight is 272 g/mol. The minimum absolute atomic E-state index is 0.110. The smallest absolute Gasteiger partial charge is 0.399 e. The summed E-state index contributed by atoms with van der Waals surface area (Å²) in [6.07, 6.45) is 0.525. The summed E-state index contributed by atoms with van der Waals surface area (Å²) in [5.74, 6) is -2.76. The maximum absolute atomic E-state index is 12.5. The Kier molecular flexibility index (Phi) is 6.37. The van der Waals surface area contributed by atoms with Crippen molar-refractivity contribution in [3.05, 3.63) is 0 Å². The van der Waals surface area contributed by atoms with Gasteiger partial charge >= 0.3 is 17.3 Å². The van der Waals surface area contributed by atoms with Gasteiger partial charge in [0.2, 0.25) is 0 Å². The highest BCUT2D eigenvalue weighted by Crippen LogP contribution is 2.20. The first-order valence-corrected chi connectivity index (χ1v) is 5.66. The summed E-state index contributed by atoms with van der Waals surface area (Å²) < 4.78 is 29.7. The van der Waals surface area contributed by atoms with Crippen molar-refractivity contribution in [2.75, 3.05) is 6.61 Å². The predicted octanol–water partition coefficient (Wildman–Crippen LogP) is 1.91. The van der Waals surface area contributed by atoms with Gasteiger partial charge in [0.1, 0.15) is 6.04 Å². The van der Waals surface area contributed by atoms with E-state index in [-0.39, 0.29) is 12.5 Å². The highest BCUT2D eigenvalue weighted by Gasteiger charge is 2.39.